The van der Waals surface area contributed by atoms with E-state index in [1.165, 1.54) is 6.21 Å². The first-order chi connectivity index (χ1) is 9.19. The van der Waals surface area contributed by atoms with Crippen LogP contribution < -0.4 is 15.9 Å². The molecular weight excluding hydrogens is 251 g/mol. The molecule has 0 saturated carbocycles. The molecule has 0 spiro atoms. The van der Waals surface area contributed by atoms with Crippen LogP contribution in [0, 0.1) is 5.82 Å². The lowest BCUT2D eigenvalue weighted by Crippen LogP contribution is -2.13. The first kappa shape index (κ1) is 12.7. The molecule has 0 atom stereocenters. The van der Waals surface area contributed by atoms with Gasteiger partial charge < -0.3 is 4.74 Å². The predicted molar refractivity (Wildman–Crippen MR) is 69.0 cm³/mol. The highest BCUT2D eigenvalue weighted by molar-refractivity contribution is 5.80. The summed E-state index contributed by atoms with van der Waals surface area (Å²) in [5.41, 5.74) is 2.55. The molecule has 0 aliphatic rings. The fourth-order valence-electron chi connectivity index (χ4n) is 1.32. The van der Waals surface area contributed by atoms with E-state index in [0.29, 0.717) is 0 Å². The van der Waals surface area contributed by atoms with Crippen LogP contribution in [0.2, 0.25) is 0 Å². The Hall–Kier alpha value is -2.70. The Labute approximate surface area is 108 Å². The highest BCUT2D eigenvalue weighted by Gasteiger charge is 2.01. The van der Waals surface area contributed by atoms with Gasteiger partial charge in [-0.1, -0.05) is 0 Å². The zero-order valence-corrected chi connectivity index (χ0v) is 10.1. The average molecular weight is 262 g/mol. The summed E-state index contributed by atoms with van der Waals surface area (Å²) in [5.74, 6) is -0.0918. The molecule has 1 aromatic carbocycles. The molecule has 0 amide bonds. The SMILES string of the molecule is COc1ccc(/C=N/Nc2[nH]c(=O)ncc2F)cc1. The van der Waals surface area contributed by atoms with E-state index in [1.54, 1.807) is 31.4 Å². The van der Waals surface area contributed by atoms with Crippen LogP contribution in [0.1, 0.15) is 5.56 Å². The van der Waals surface area contributed by atoms with Crippen molar-refractivity contribution < 1.29 is 9.13 Å². The number of H-pyrrole nitrogens is 1. The van der Waals surface area contributed by atoms with Gasteiger partial charge in [0.25, 0.3) is 0 Å². The second-order valence-electron chi connectivity index (χ2n) is 3.55. The number of anilines is 1. The van der Waals surface area contributed by atoms with Gasteiger partial charge in [0.2, 0.25) is 0 Å². The zero-order chi connectivity index (χ0) is 13.7. The minimum atomic E-state index is -0.688. The van der Waals surface area contributed by atoms with E-state index in [4.69, 9.17) is 4.74 Å². The summed E-state index contributed by atoms with van der Waals surface area (Å²) < 4.78 is 18.2. The molecule has 0 unspecified atom stereocenters. The number of hydrazone groups is 1. The number of ether oxygens (including phenoxy) is 1. The Bertz CT molecular complexity index is 637. The summed E-state index contributed by atoms with van der Waals surface area (Å²) >= 11 is 0. The molecule has 98 valence electrons. The van der Waals surface area contributed by atoms with Gasteiger partial charge in [0.1, 0.15) is 5.75 Å². The smallest absolute Gasteiger partial charge is 0.346 e. The Morgan fingerprint density at radius 3 is 2.84 bits per heavy atom. The number of rotatable bonds is 4. The summed E-state index contributed by atoms with van der Waals surface area (Å²) in [6, 6.07) is 7.12. The first-order valence-electron chi connectivity index (χ1n) is 5.37. The van der Waals surface area contributed by atoms with Gasteiger partial charge >= 0.3 is 5.69 Å². The van der Waals surface area contributed by atoms with E-state index in [9.17, 15) is 9.18 Å². The van der Waals surface area contributed by atoms with E-state index in [1.807, 2.05) is 0 Å². The molecule has 0 bridgehead atoms. The van der Waals surface area contributed by atoms with Crippen molar-refractivity contribution in [3.05, 3.63) is 52.3 Å². The van der Waals surface area contributed by atoms with Crippen LogP contribution in [-0.2, 0) is 0 Å². The molecule has 2 N–H and O–H groups in total. The fraction of sp³-hybridized carbons (Fsp3) is 0.0833. The van der Waals surface area contributed by atoms with Crippen LogP contribution in [0.15, 0.2) is 40.4 Å². The number of benzene rings is 1. The summed E-state index contributed by atoms with van der Waals surface area (Å²) in [4.78, 5) is 16.3. The molecule has 0 aliphatic carbocycles. The van der Waals surface area contributed by atoms with Crippen molar-refractivity contribution in [2.75, 3.05) is 12.5 Å². The topological polar surface area (TPSA) is 79.4 Å². The summed E-state index contributed by atoms with van der Waals surface area (Å²) in [7, 11) is 1.58. The third kappa shape index (κ3) is 3.38. The number of aromatic amines is 1. The minimum absolute atomic E-state index is 0.134. The lowest BCUT2D eigenvalue weighted by Gasteiger charge is -2.01. The van der Waals surface area contributed by atoms with Gasteiger partial charge in [-0.15, -0.1) is 0 Å². The second kappa shape index (κ2) is 5.76. The van der Waals surface area contributed by atoms with E-state index >= 15 is 0 Å². The van der Waals surface area contributed by atoms with Crippen LogP contribution in [0.4, 0.5) is 10.2 Å². The highest BCUT2D eigenvalue weighted by atomic mass is 19.1. The van der Waals surface area contributed by atoms with Gasteiger partial charge in [-0.3, -0.25) is 10.4 Å². The second-order valence-corrected chi connectivity index (χ2v) is 3.55. The lowest BCUT2D eigenvalue weighted by molar-refractivity contribution is 0.415. The number of hydrogen-bond donors (Lipinski definition) is 2. The lowest BCUT2D eigenvalue weighted by atomic mass is 10.2. The van der Waals surface area contributed by atoms with Crippen molar-refractivity contribution in [2.24, 2.45) is 5.10 Å². The molecular formula is C12H11FN4O2. The fourth-order valence-corrected chi connectivity index (χ4v) is 1.32. The molecule has 1 aromatic heterocycles. The number of methoxy groups -OCH3 is 1. The van der Waals surface area contributed by atoms with Crippen LogP contribution in [0.25, 0.3) is 0 Å². The van der Waals surface area contributed by atoms with E-state index in [2.05, 4.69) is 20.5 Å². The molecule has 19 heavy (non-hydrogen) atoms. The van der Waals surface area contributed by atoms with Crippen LogP contribution in [0.3, 0.4) is 0 Å². The Morgan fingerprint density at radius 2 is 2.16 bits per heavy atom. The van der Waals surface area contributed by atoms with E-state index in [0.717, 1.165) is 17.5 Å². The van der Waals surface area contributed by atoms with Crippen LogP contribution in [0.5, 0.6) is 5.75 Å². The maximum atomic E-state index is 13.2. The third-order valence-electron chi connectivity index (χ3n) is 2.27. The van der Waals surface area contributed by atoms with E-state index in [-0.39, 0.29) is 5.82 Å². The Kier molecular flexibility index (Phi) is 3.87. The van der Waals surface area contributed by atoms with Crippen molar-refractivity contribution >= 4 is 12.0 Å². The van der Waals surface area contributed by atoms with Gasteiger partial charge in [0, 0.05) is 0 Å². The number of nitrogens with zero attached hydrogens (tertiary/aromatic N) is 2. The molecule has 1 heterocycles. The quantitative estimate of drug-likeness (QED) is 0.644. The van der Waals surface area contributed by atoms with E-state index < -0.39 is 11.5 Å². The summed E-state index contributed by atoms with van der Waals surface area (Å²) in [5, 5.41) is 3.82. The van der Waals surface area contributed by atoms with Crippen molar-refractivity contribution in [3.8, 4) is 5.75 Å². The summed E-state index contributed by atoms with van der Waals surface area (Å²) in [6.45, 7) is 0. The van der Waals surface area contributed by atoms with Gasteiger partial charge in [-0.2, -0.15) is 10.1 Å². The molecule has 6 nitrogen and oxygen atoms in total. The highest BCUT2D eigenvalue weighted by Crippen LogP contribution is 2.10. The Morgan fingerprint density at radius 1 is 1.42 bits per heavy atom. The largest absolute Gasteiger partial charge is 0.497 e. The van der Waals surface area contributed by atoms with Crippen molar-refractivity contribution in [1.82, 2.24) is 9.97 Å². The van der Waals surface area contributed by atoms with Crippen molar-refractivity contribution in [2.45, 2.75) is 0 Å². The number of hydrogen-bond acceptors (Lipinski definition) is 5. The standard InChI is InChI=1S/C12H11FN4O2/c1-19-9-4-2-8(3-5-9)6-15-17-11-10(13)7-14-12(18)16-11/h2-7H,1H3,(H2,14,16,17,18)/b15-6+. The molecule has 7 heteroatoms. The van der Waals surface area contributed by atoms with Gasteiger partial charge in [0.15, 0.2) is 11.6 Å². The molecule has 0 saturated heterocycles. The summed E-state index contributed by atoms with van der Waals surface area (Å²) in [6.07, 6.45) is 2.31. The first-order valence-corrected chi connectivity index (χ1v) is 5.37. The van der Waals surface area contributed by atoms with Crippen LogP contribution >= 0.6 is 0 Å². The molecule has 0 fully saturated rings. The average Bonchev–Trinajstić information content (AvgIpc) is 2.43. The normalized spacial score (nSPS) is 10.6. The van der Waals surface area contributed by atoms with Gasteiger partial charge in [-0.25, -0.2) is 9.18 Å². The van der Waals surface area contributed by atoms with Crippen molar-refractivity contribution in [3.63, 3.8) is 0 Å². The Balaban J connectivity index is 2.06. The molecule has 2 rings (SSSR count). The van der Waals surface area contributed by atoms with Crippen molar-refractivity contribution in [1.29, 1.82) is 0 Å². The molecule has 2 aromatic rings. The number of nitrogens with one attached hydrogen (secondary N) is 2. The van der Waals surface area contributed by atoms with Crippen LogP contribution in [-0.4, -0.2) is 23.3 Å². The number of halogens is 1. The third-order valence-corrected chi connectivity index (χ3v) is 2.27. The minimum Gasteiger partial charge on any atom is -0.497 e. The maximum absolute atomic E-state index is 13.2. The number of aromatic nitrogens is 2. The zero-order valence-electron chi connectivity index (χ0n) is 10.1. The molecule has 0 radical (unpaired) electrons. The maximum Gasteiger partial charge on any atom is 0.346 e. The predicted octanol–water partition coefficient (Wildman–Crippen LogP) is 1.36. The van der Waals surface area contributed by atoms with Gasteiger partial charge in [-0.05, 0) is 29.8 Å². The molecule has 0 aliphatic heterocycles. The van der Waals surface area contributed by atoms with Gasteiger partial charge in [0.05, 0.1) is 19.5 Å². The monoisotopic (exact) mass is 262 g/mol.